The molecule has 1 aromatic carbocycles. The molecule has 0 amide bonds. The van der Waals surface area contributed by atoms with Crippen molar-refractivity contribution >= 4 is 11.5 Å². The minimum Gasteiger partial charge on any atom is -0.409 e. The molecule has 3 N–H and O–H groups in total. The summed E-state index contributed by atoms with van der Waals surface area (Å²) in [5, 5.41) is 11.8. The topological polar surface area (TPSA) is 65.1 Å². The van der Waals surface area contributed by atoms with Gasteiger partial charge in [0, 0.05) is 24.3 Å². The minimum atomic E-state index is 0.157. The number of rotatable bonds is 7. The van der Waals surface area contributed by atoms with Gasteiger partial charge < -0.3 is 20.7 Å². The monoisotopic (exact) mass is 278 g/mol. The van der Waals surface area contributed by atoms with Crippen LogP contribution in [0.15, 0.2) is 23.4 Å². The van der Waals surface area contributed by atoms with Gasteiger partial charge in [-0.15, -0.1) is 0 Å². The molecular formula is C15H26N4O. The van der Waals surface area contributed by atoms with Crippen molar-refractivity contribution in [3.63, 3.8) is 0 Å². The van der Waals surface area contributed by atoms with Crippen LogP contribution >= 0.6 is 0 Å². The highest BCUT2D eigenvalue weighted by atomic mass is 16.4. The van der Waals surface area contributed by atoms with E-state index in [9.17, 15) is 0 Å². The smallest absolute Gasteiger partial charge is 0.170 e. The lowest BCUT2D eigenvalue weighted by molar-refractivity contribution is 0.318. The second kappa shape index (κ2) is 7.75. The standard InChI is InChI=1S/C15H26N4O/c1-5-19(10-6-9-18(3)4)13-7-8-14(12(2)11-13)15(16)17-20/h7-8,11,20H,5-6,9-10H2,1-4H3,(H2,16,17). The fraction of sp³-hybridized carbons (Fsp3) is 0.533. The maximum atomic E-state index is 8.75. The zero-order chi connectivity index (χ0) is 15.1. The van der Waals surface area contributed by atoms with Crippen molar-refractivity contribution in [2.24, 2.45) is 10.9 Å². The Hall–Kier alpha value is -1.75. The van der Waals surface area contributed by atoms with E-state index in [2.05, 4.69) is 42.0 Å². The maximum absolute atomic E-state index is 8.75. The van der Waals surface area contributed by atoms with Gasteiger partial charge in [-0.3, -0.25) is 0 Å². The van der Waals surface area contributed by atoms with Crippen molar-refractivity contribution in [2.75, 3.05) is 38.6 Å². The van der Waals surface area contributed by atoms with Gasteiger partial charge in [-0.1, -0.05) is 5.16 Å². The Balaban J connectivity index is 2.81. The number of anilines is 1. The average molecular weight is 278 g/mol. The molecular weight excluding hydrogens is 252 g/mol. The van der Waals surface area contributed by atoms with E-state index in [1.807, 2.05) is 19.1 Å². The lowest BCUT2D eigenvalue weighted by Gasteiger charge is -2.24. The highest BCUT2D eigenvalue weighted by Crippen LogP contribution is 2.19. The molecule has 0 saturated heterocycles. The van der Waals surface area contributed by atoms with Crippen LogP contribution in [0, 0.1) is 6.92 Å². The van der Waals surface area contributed by atoms with Gasteiger partial charge >= 0.3 is 0 Å². The molecule has 0 spiro atoms. The number of oxime groups is 1. The van der Waals surface area contributed by atoms with E-state index in [0.717, 1.165) is 37.2 Å². The van der Waals surface area contributed by atoms with Crippen molar-refractivity contribution < 1.29 is 5.21 Å². The van der Waals surface area contributed by atoms with Crippen LogP contribution in [0.1, 0.15) is 24.5 Å². The van der Waals surface area contributed by atoms with Crippen molar-refractivity contribution in [3.05, 3.63) is 29.3 Å². The van der Waals surface area contributed by atoms with Gasteiger partial charge in [0.05, 0.1) is 0 Å². The zero-order valence-corrected chi connectivity index (χ0v) is 12.9. The molecule has 0 aliphatic heterocycles. The fourth-order valence-electron chi connectivity index (χ4n) is 2.23. The number of aryl methyl sites for hydroxylation is 1. The SMILES string of the molecule is CCN(CCCN(C)C)c1ccc(/C(N)=N/O)c(C)c1. The van der Waals surface area contributed by atoms with Crippen LogP contribution in [0.25, 0.3) is 0 Å². The minimum absolute atomic E-state index is 0.157. The summed E-state index contributed by atoms with van der Waals surface area (Å²) in [6, 6.07) is 6.03. The van der Waals surface area contributed by atoms with E-state index in [0.29, 0.717) is 0 Å². The molecule has 0 atom stereocenters. The number of nitrogens with zero attached hydrogens (tertiary/aromatic N) is 3. The molecule has 5 nitrogen and oxygen atoms in total. The normalized spacial score (nSPS) is 11.9. The molecule has 0 aliphatic rings. The van der Waals surface area contributed by atoms with E-state index in [1.54, 1.807) is 0 Å². The molecule has 0 bridgehead atoms. The third-order valence-electron chi connectivity index (χ3n) is 3.37. The number of hydrogen-bond donors (Lipinski definition) is 2. The number of benzene rings is 1. The predicted octanol–water partition coefficient (Wildman–Crippen LogP) is 1.87. The van der Waals surface area contributed by atoms with Gasteiger partial charge in [-0.25, -0.2) is 0 Å². The van der Waals surface area contributed by atoms with Crippen LogP contribution in [-0.4, -0.2) is 49.7 Å². The molecule has 20 heavy (non-hydrogen) atoms. The van der Waals surface area contributed by atoms with Crippen LogP contribution in [0.2, 0.25) is 0 Å². The Labute approximate surface area is 121 Å². The first-order valence-electron chi connectivity index (χ1n) is 6.97. The Morgan fingerprint density at radius 3 is 2.50 bits per heavy atom. The molecule has 0 unspecified atom stereocenters. The predicted molar refractivity (Wildman–Crippen MR) is 84.7 cm³/mol. The van der Waals surface area contributed by atoms with Gasteiger partial charge in [0.15, 0.2) is 5.84 Å². The zero-order valence-electron chi connectivity index (χ0n) is 12.9. The highest BCUT2D eigenvalue weighted by Gasteiger charge is 2.09. The Kier molecular flexibility index (Phi) is 6.31. The van der Waals surface area contributed by atoms with E-state index < -0.39 is 0 Å². The van der Waals surface area contributed by atoms with Crippen LogP contribution in [0.4, 0.5) is 5.69 Å². The van der Waals surface area contributed by atoms with Crippen LogP contribution in [-0.2, 0) is 0 Å². The number of nitrogens with two attached hydrogens (primary N) is 1. The first kappa shape index (κ1) is 16.3. The molecule has 0 radical (unpaired) electrons. The third-order valence-corrected chi connectivity index (χ3v) is 3.37. The summed E-state index contributed by atoms with van der Waals surface area (Å²) in [4.78, 5) is 4.53. The summed E-state index contributed by atoms with van der Waals surface area (Å²) in [6.07, 6.45) is 1.13. The van der Waals surface area contributed by atoms with E-state index in [1.165, 1.54) is 5.69 Å². The summed E-state index contributed by atoms with van der Waals surface area (Å²) < 4.78 is 0. The van der Waals surface area contributed by atoms with Gasteiger partial charge in [0.1, 0.15) is 0 Å². The Morgan fingerprint density at radius 2 is 2.00 bits per heavy atom. The summed E-state index contributed by atoms with van der Waals surface area (Å²) in [5.74, 6) is 0.157. The van der Waals surface area contributed by atoms with E-state index >= 15 is 0 Å². The summed E-state index contributed by atoms with van der Waals surface area (Å²) >= 11 is 0. The van der Waals surface area contributed by atoms with Crippen molar-refractivity contribution in [1.82, 2.24) is 4.90 Å². The van der Waals surface area contributed by atoms with Crippen LogP contribution < -0.4 is 10.6 Å². The molecule has 0 aliphatic carbocycles. The molecule has 0 heterocycles. The first-order chi connectivity index (χ1) is 9.49. The fourth-order valence-corrected chi connectivity index (χ4v) is 2.23. The van der Waals surface area contributed by atoms with Crippen LogP contribution in [0.3, 0.4) is 0 Å². The molecule has 1 rings (SSSR count). The molecule has 112 valence electrons. The quantitative estimate of drug-likeness (QED) is 0.346. The lowest BCUT2D eigenvalue weighted by Crippen LogP contribution is -2.27. The maximum Gasteiger partial charge on any atom is 0.170 e. The van der Waals surface area contributed by atoms with Gasteiger partial charge in [-0.05, 0) is 64.7 Å². The van der Waals surface area contributed by atoms with Gasteiger partial charge in [-0.2, -0.15) is 0 Å². The van der Waals surface area contributed by atoms with Crippen molar-refractivity contribution in [1.29, 1.82) is 0 Å². The van der Waals surface area contributed by atoms with Gasteiger partial charge in [0.25, 0.3) is 0 Å². The summed E-state index contributed by atoms with van der Waals surface area (Å²) in [5.41, 5.74) is 8.62. The average Bonchev–Trinajstić information content (AvgIpc) is 2.42. The number of hydrogen-bond acceptors (Lipinski definition) is 4. The second-order valence-electron chi connectivity index (χ2n) is 5.22. The molecule has 5 heteroatoms. The van der Waals surface area contributed by atoms with Crippen LogP contribution in [0.5, 0.6) is 0 Å². The van der Waals surface area contributed by atoms with Crippen molar-refractivity contribution in [2.45, 2.75) is 20.3 Å². The second-order valence-corrected chi connectivity index (χ2v) is 5.22. The molecule has 0 aromatic heterocycles. The first-order valence-corrected chi connectivity index (χ1v) is 6.97. The van der Waals surface area contributed by atoms with E-state index in [-0.39, 0.29) is 5.84 Å². The van der Waals surface area contributed by atoms with Crippen molar-refractivity contribution in [3.8, 4) is 0 Å². The third kappa shape index (κ3) is 4.42. The molecule has 1 aromatic rings. The summed E-state index contributed by atoms with van der Waals surface area (Å²) in [6.45, 7) is 7.21. The Bertz CT molecular complexity index is 457. The molecule has 0 fully saturated rings. The number of amidine groups is 1. The van der Waals surface area contributed by atoms with E-state index in [4.69, 9.17) is 10.9 Å². The highest BCUT2D eigenvalue weighted by molar-refractivity contribution is 5.98. The Morgan fingerprint density at radius 1 is 1.30 bits per heavy atom. The van der Waals surface area contributed by atoms with Gasteiger partial charge in [0.2, 0.25) is 0 Å². The lowest BCUT2D eigenvalue weighted by atomic mass is 10.1. The largest absolute Gasteiger partial charge is 0.409 e. The molecule has 0 saturated carbocycles. The summed E-state index contributed by atoms with van der Waals surface area (Å²) in [7, 11) is 4.18.